The Morgan fingerprint density at radius 1 is 1.06 bits per heavy atom. The Labute approximate surface area is 216 Å². The summed E-state index contributed by atoms with van der Waals surface area (Å²) in [6.45, 7) is 10.7. The molecular weight excluding hydrogens is 482 g/mol. The van der Waals surface area contributed by atoms with Gasteiger partial charge < -0.3 is 15.2 Å². The lowest BCUT2D eigenvalue weighted by Gasteiger charge is -2.21. The van der Waals surface area contributed by atoms with Crippen LogP contribution in [-0.4, -0.2) is 32.3 Å². The second-order valence-electron chi connectivity index (χ2n) is 8.82. The Morgan fingerprint density at radius 3 is 2.37 bits per heavy atom. The van der Waals surface area contributed by atoms with Gasteiger partial charge in [0.05, 0.1) is 22.4 Å². The van der Waals surface area contributed by atoms with E-state index in [9.17, 15) is 9.59 Å². The van der Waals surface area contributed by atoms with E-state index in [1.54, 1.807) is 24.3 Å². The number of carbonyl (C=O) groups is 2. The lowest BCUT2D eigenvalue weighted by molar-refractivity contribution is -0.113. The van der Waals surface area contributed by atoms with E-state index in [0.29, 0.717) is 40.5 Å². The molecule has 2 N–H and O–H groups in total. The van der Waals surface area contributed by atoms with Gasteiger partial charge in [-0.2, -0.15) is 0 Å². The first kappa shape index (κ1) is 26.8. The molecule has 186 valence electrons. The van der Waals surface area contributed by atoms with Crippen LogP contribution < -0.4 is 10.6 Å². The van der Waals surface area contributed by atoms with Crippen molar-refractivity contribution in [2.45, 2.75) is 58.8 Å². The minimum atomic E-state index is -0.344. The number of aromatic nitrogens is 3. The van der Waals surface area contributed by atoms with Crippen molar-refractivity contribution >= 4 is 40.9 Å². The Hall–Kier alpha value is -2.84. The third-order valence-corrected chi connectivity index (χ3v) is 6.88. The molecule has 0 unspecified atom stereocenters. The summed E-state index contributed by atoms with van der Waals surface area (Å²) < 4.78 is 1.96. The minimum Gasteiger partial charge on any atom is -0.342 e. The smallest absolute Gasteiger partial charge is 0.253 e. The fourth-order valence-corrected chi connectivity index (χ4v) is 4.89. The number of hydrogen-bond donors (Lipinski definition) is 2. The minimum absolute atomic E-state index is 0.106. The molecule has 1 heterocycles. The molecule has 0 saturated carbocycles. The van der Waals surface area contributed by atoms with Crippen molar-refractivity contribution in [3.63, 3.8) is 0 Å². The van der Waals surface area contributed by atoms with E-state index in [1.165, 1.54) is 11.8 Å². The number of para-hydroxylation sites is 1. The first-order valence-corrected chi connectivity index (χ1v) is 13.0. The van der Waals surface area contributed by atoms with E-state index in [2.05, 4.69) is 34.7 Å². The summed E-state index contributed by atoms with van der Waals surface area (Å²) in [5.74, 6) is 0.818. The average molecular weight is 514 g/mol. The van der Waals surface area contributed by atoms with Crippen molar-refractivity contribution in [2.75, 3.05) is 11.1 Å². The molecule has 0 bridgehead atoms. The summed E-state index contributed by atoms with van der Waals surface area (Å²) in [4.78, 5) is 25.6. The van der Waals surface area contributed by atoms with Crippen LogP contribution >= 0.6 is 23.4 Å². The third-order valence-electron chi connectivity index (χ3n) is 5.58. The molecule has 3 rings (SSSR count). The summed E-state index contributed by atoms with van der Waals surface area (Å²) >= 11 is 7.56. The van der Waals surface area contributed by atoms with Crippen LogP contribution in [0.3, 0.4) is 0 Å². The van der Waals surface area contributed by atoms with Gasteiger partial charge in [-0.05, 0) is 56.4 Å². The second kappa shape index (κ2) is 12.2. The predicted molar refractivity (Wildman–Crippen MR) is 142 cm³/mol. The molecule has 0 spiro atoms. The van der Waals surface area contributed by atoms with Crippen molar-refractivity contribution in [2.24, 2.45) is 5.92 Å². The molecule has 0 aliphatic carbocycles. The first-order chi connectivity index (χ1) is 16.7. The molecule has 0 radical (unpaired) electrons. The number of halogens is 1. The van der Waals surface area contributed by atoms with Gasteiger partial charge in [0, 0.05) is 12.2 Å². The van der Waals surface area contributed by atoms with Gasteiger partial charge in [0.15, 0.2) is 11.0 Å². The number of carbonyl (C=O) groups excluding carboxylic acids is 2. The topological polar surface area (TPSA) is 88.9 Å². The summed E-state index contributed by atoms with van der Waals surface area (Å²) in [6, 6.07) is 12.5. The lowest BCUT2D eigenvalue weighted by atomic mass is 10.0. The van der Waals surface area contributed by atoms with Crippen LogP contribution in [0.15, 0.2) is 47.6 Å². The first-order valence-electron chi connectivity index (χ1n) is 11.7. The van der Waals surface area contributed by atoms with E-state index in [-0.39, 0.29) is 23.6 Å². The van der Waals surface area contributed by atoms with Crippen molar-refractivity contribution in [1.82, 2.24) is 20.1 Å². The highest BCUT2D eigenvalue weighted by atomic mass is 35.5. The second-order valence-corrected chi connectivity index (χ2v) is 10.2. The van der Waals surface area contributed by atoms with E-state index in [4.69, 9.17) is 11.6 Å². The van der Waals surface area contributed by atoms with E-state index >= 15 is 0 Å². The summed E-state index contributed by atoms with van der Waals surface area (Å²) in [5, 5.41) is 15.9. The number of aryl methyl sites for hydroxylation is 2. The number of thioether (sulfide) groups is 1. The van der Waals surface area contributed by atoms with Crippen molar-refractivity contribution in [3.8, 4) is 0 Å². The van der Waals surface area contributed by atoms with Crippen LogP contribution in [0, 0.1) is 19.8 Å². The van der Waals surface area contributed by atoms with E-state index < -0.39 is 0 Å². The van der Waals surface area contributed by atoms with Gasteiger partial charge in [-0.15, -0.1) is 10.2 Å². The maximum atomic E-state index is 13.0. The third kappa shape index (κ3) is 6.86. The van der Waals surface area contributed by atoms with E-state index in [1.807, 2.05) is 43.5 Å². The fraction of sp³-hybridized carbons (Fsp3) is 0.385. The summed E-state index contributed by atoms with van der Waals surface area (Å²) in [6.07, 6.45) is 0.687. The quantitative estimate of drug-likeness (QED) is 0.333. The Morgan fingerprint density at radius 2 is 1.74 bits per heavy atom. The number of benzene rings is 2. The van der Waals surface area contributed by atoms with Crippen molar-refractivity contribution < 1.29 is 9.59 Å². The molecule has 0 fully saturated rings. The number of anilines is 1. The van der Waals surface area contributed by atoms with Gasteiger partial charge >= 0.3 is 0 Å². The van der Waals surface area contributed by atoms with Crippen LogP contribution in [0.4, 0.5) is 5.69 Å². The molecule has 0 aliphatic rings. The standard InChI is InChI=1S/C26H32ClN5O2S/c1-6-32-24(21(14-16(2)3)28-25(34)19-12-7-8-13-20(19)27)30-31-26(32)35-15-22(33)29-23-17(4)10-9-11-18(23)5/h7-13,16,21H,6,14-15H2,1-5H3,(H,28,34)(H,29,33)/t21-/m0/s1. The highest BCUT2D eigenvalue weighted by molar-refractivity contribution is 7.99. The molecule has 0 saturated heterocycles. The zero-order valence-corrected chi connectivity index (χ0v) is 22.3. The maximum Gasteiger partial charge on any atom is 0.253 e. The van der Waals surface area contributed by atoms with Gasteiger partial charge in [0.2, 0.25) is 5.91 Å². The van der Waals surface area contributed by atoms with Crippen LogP contribution in [0.25, 0.3) is 0 Å². The molecule has 1 aromatic heterocycles. The molecule has 9 heteroatoms. The molecule has 3 aromatic rings. The number of nitrogens with one attached hydrogen (secondary N) is 2. The molecule has 2 amide bonds. The number of rotatable bonds is 10. The monoisotopic (exact) mass is 513 g/mol. The molecule has 0 aliphatic heterocycles. The molecular formula is C26H32ClN5O2S. The van der Waals surface area contributed by atoms with Crippen molar-refractivity contribution in [1.29, 1.82) is 0 Å². The largest absolute Gasteiger partial charge is 0.342 e. The zero-order valence-electron chi connectivity index (χ0n) is 20.8. The predicted octanol–water partition coefficient (Wildman–Crippen LogP) is 5.82. The van der Waals surface area contributed by atoms with E-state index in [0.717, 1.165) is 16.8 Å². The number of hydrogen-bond acceptors (Lipinski definition) is 5. The van der Waals surface area contributed by atoms with Crippen LogP contribution in [0.5, 0.6) is 0 Å². The lowest BCUT2D eigenvalue weighted by Crippen LogP contribution is -2.31. The van der Waals surface area contributed by atoms with Gasteiger partial charge in [-0.3, -0.25) is 9.59 Å². The normalized spacial score (nSPS) is 12.0. The number of nitrogens with zero attached hydrogens (tertiary/aromatic N) is 3. The average Bonchev–Trinajstić information content (AvgIpc) is 3.22. The van der Waals surface area contributed by atoms with Gasteiger partial charge in [-0.1, -0.05) is 67.5 Å². The maximum absolute atomic E-state index is 13.0. The van der Waals surface area contributed by atoms with Gasteiger partial charge in [0.25, 0.3) is 5.91 Å². The van der Waals surface area contributed by atoms with Gasteiger partial charge in [-0.25, -0.2) is 0 Å². The number of amides is 2. The Bertz CT molecular complexity index is 1170. The SMILES string of the molecule is CCn1c(SCC(=O)Nc2c(C)cccc2C)nnc1[C@H](CC(C)C)NC(=O)c1ccccc1Cl. The molecule has 35 heavy (non-hydrogen) atoms. The fourth-order valence-electron chi connectivity index (χ4n) is 3.86. The molecule has 2 aromatic carbocycles. The zero-order chi connectivity index (χ0) is 25.5. The highest BCUT2D eigenvalue weighted by Crippen LogP contribution is 2.27. The van der Waals surface area contributed by atoms with Crippen LogP contribution in [-0.2, 0) is 11.3 Å². The summed E-state index contributed by atoms with van der Waals surface area (Å²) in [7, 11) is 0. The molecule has 1 atom stereocenters. The summed E-state index contributed by atoms with van der Waals surface area (Å²) in [5.41, 5.74) is 3.31. The highest BCUT2D eigenvalue weighted by Gasteiger charge is 2.25. The van der Waals surface area contributed by atoms with Gasteiger partial charge in [0.1, 0.15) is 0 Å². The molecule has 7 nitrogen and oxygen atoms in total. The Balaban J connectivity index is 1.75. The van der Waals surface area contributed by atoms with Crippen molar-refractivity contribution in [3.05, 3.63) is 70.0 Å². The van der Waals surface area contributed by atoms with Crippen LogP contribution in [0.1, 0.15) is 60.5 Å². The van der Waals surface area contributed by atoms with Crippen LogP contribution in [0.2, 0.25) is 5.02 Å². The Kier molecular flexibility index (Phi) is 9.34.